The van der Waals surface area contributed by atoms with Crippen LogP contribution in [-0.2, 0) is 10.0 Å². The highest BCUT2D eigenvalue weighted by Gasteiger charge is 2.60. The van der Waals surface area contributed by atoms with Crippen LogP contribution in [0.25, 0.3) is 5.65 Å². The van der Waals surface area contributed by atoms with Crippen molar-refractivity contribution in [2.75, 3.05) is 0 Å². The largest absolute Gasteiger partial charge is 0.238 e. The zero-order valence-corrected chi connectivity index (χ0v) is 14.2. The maximum Gasteiger partial charge on any atom is 0.238 e. The van der Waals surface area contributed by atoms with E-state index in [0.29, 0.717) is 0 Å². The van der Waals surface area contributed by atoms with E-state index in [1.54, 1.807) is 22.8 Å². The highest BCUT2D eigenvalue weighted by Crippen LogP contribution is 2.69. The van der Waals surface area contributed by atoms with Crippen LogP contribution >= 0.6 is 0 Å². The fraction of sp³-hybridized carbons (Fsp3) is 0.294. The Kier molecular flexibility index (Phi) is 3.10. The van der Waals surface area contributed by atoms with Crippen molar-refractivity contribution in [3.05, 3.63) is 60.0 Å². The number of imidazole rings is 1. The molecule has 1 fully saturated rings. The monoisotopic (exact) mass is 342 g/mol. The van der Waals surface area contributed by atoms with Gasteiger partial charge in [-0.2, -0.15) is 5.10 Å². The lowest BCUT2D eigenvalue weighted by Crippen LogP contribution is -2.11. The molecule has 1 aromatic carbocycles. The van der Waals surface area contributed by atoms with Crippen LogP contribution in [0.4, 0.5) is 0 Å². The van der Waals surface area contributed by atoms with Crippen LogP contribution in [0, 0.1) is 5.41 Å². The minimum absolute atomic E-state index is 0.0566. The third-order valence-electron chi connectivity index (χ3n) is 4.97. The van der Waals surface area contributed by atoms with E-state index in [2.05, 4.69) is 23.9 Å². The quantitative estimate of drug-likeness (QED) is 0.790. The van der Waals surface area contributed by atoms with Crippen LogP contribution in [-0.4, -0.2) is 23.0 Å². The van der Waals surface area contributed by atoms with Crippen LogP contribution in [0.15, 0.2) is 53.7 Å². The molecule has 0 saturated heterocycles. The lowest BCUT2D eigenvalue weighted by atomic mass is 10.0. The van der Waals surface area contributed by atoms with Crippen LogP contribution in [0.3, 0.4) is 0 Å². The summed E-state index contributed by atoms with van der Waals surface area (Å²) in [5, 5.41) is 9.44. The van der Waals surface area contributed by atoms with Crippen LogP contribution in [0.2, 0.25) is 0 Å². The first-order chi connectivity index (χ1) is 11.3. The van der Waals surface area contributed by atoms with Crippen molar-refractivity contribution < 1.29 is 8.42 Å². The van der Waals surface area contributed by atoms with E-state index in [1.807, 2.05) is 30.5 Å². The number of benzene rings is 1. The molecule has 0 amide bonds. The van der Waals surface area contributed by atoms with Gasteiger partial charge in [-0.25, -0.2) is 23.1 Å². The van der Waals surface area contributed by atoms with E-state index in [9.17, 15) is 8.42 Å². The Morgan fingerprint density at radius 3 is 2.46 bits per heavy atom. The second kappa shape index (κ2) is 4.87. The number of hydrogen-bond acceptors (Lipinski definition) is 4. The minimum atomic E-state index is -3.66. The fourth-order valence-electron chi connectivity index (χ4n) is 3.68. The number of rotatable bonds is 3. The Balaban J connectivity index is 1.69. The number of sulfonamides is 1. The molecule has 0 unspecified atom stereocenters. The smallest absolute Gasteiger partial charge is 0.232 e. The first-order valence-corrected chi connectivity index (χ1v) is 9.26. The average Bonchev–Trinajstić information content (AvgIpc) is 2.90. The number of aromatic nitrogens is 3. The molecule has 7 heteroatoms. The Morgan fingerprint density at radius 2 is 1.83 bits per heavy atom. The van der Waals surface area contributed by atoms with Crippen molar-refractivity contribution in [3.63, 3.8) is 0 Å². The van der Waals surface area contributed by atoms with E-state index < -0.39 is 10.0 Å². The standard InChI is InChI=1S/C17H18N4O2S/c1-17(2)15(11-5-7-12(8-6-11)24(18,22)23)16(17)13-10-21-14(20-13)4-3-9-19-21/h3-10,15-16H,1-2H3,(H2,18,22,23)/t15-,16-/m1/s1. The summed E-state index contributed by atoms with van der Waals surface area (Å²) in [6.07, 6.45) is 3.71. The summed E-state index contributed by atoms with van der Waals surface area (Å²) in [4.78, 5) is 4.82. The molecule has 0 aliphatic heterocycles. The molecule has 6 nitrogen and oxygen atoms in total. The van der Waals surface area contributed by atoms with Crippen molar-refractivity contribution in [2.24, 2.45) is 10.6 Å². The first kappa shape index (κ1) is 15.3. The van der Waals surface area contributed by atoms with E-state index in [1.165, 1.54) is 0 Å². The van der Waals surface area contributed by atoms with Crippen molar-refractivity contribution >= 4 is 15.7 Å². The molecule has 2 N–H and O–H groups in total. The summed E-state index contributed by atoms with van der Waals surface area (Å²) in [6.45, 7) is 4.40. The molecule has 0 spiro atoms. The summed E-state index contributed by atoms with van der Waals surface area (Å²) in [5.74, 6) is 0.566. The molecule has 3 aromatic rings. The highest BCUT2D eigenvalue weighted by molar-refractivity contribution is 7.89. The van der Waals surface area contributed by atoms with Gasteiger partial charge in [0, 0.05) is 12.1 Å². The number of fused-ring (bicyclic) bond motifs is 1. The molecule has 1 aliphatic rings. The van der Waals surface area contributed by atoms with E-state index in [0.717, 1.165) is 16.9 Å². The summed E-state index contributed by atoms with van der Waals surface area (Å²) in [7, 11) is -3.66. The van der Waals surface area contributed by atoms with Crippen molar-refractivity contribution in [1.82, 2.24) is 14.6 Å². The van der Waals surface area contributed by atoms with Crippen LogP contribution in [0.5, 0.6) is 0 Å². The third kappa shape index (κ3) is 2.32. The molecule has 1 saturated carbocycles. The molecule has 24 heavy (non-hydrogen) atoms. The second-order valence-corrected chi connectivity index (χ2v) is 8.44. The first-order valence-electron chi connectivity index (χ1n) is 7.71. The minimum Gasteiger partial charge on any atom is -0.232 e. The fourth-order valence-corrected chi connectivity index (χ4v) is 4.19. The van der Waals surface area contributed by atoms with Gasteiger partial charge < -0.3 is 0 Å². The molecular weight excluding hydrogens is 324 g/mol. The molecule has 2 heterocycles. The summed E-state index contributed by atoms with van der Waals surface area (Å²) in [6, 6.07) is 10.6. The Bertz CT molecular complexity index is 989. The van der Waals surface area contributed by atoms with Gasteiger partial charge in [0.25, 0.3) is 0 Å². The van der Waals surface area contributed by atoms with Gasteiger partial charge in [0.05, 0.1) is 16.8 Å². The molecular formula is C17H18N4O2S. The number of hydrogen-bond donors (Lipinski definition) is 1. The normalized spacial score (nSPS) is 22.6. The Morgan fingerprint density at radius 1 is 1.12 bits per heavy atom. The van der Waals surface area contributed by atoms with E-state index >= 15 is 0 Å². The number of nitrogens with two attached hydrogens (primary N) is 1. The third-order valence-corrected chi connectivity index (χ3v) is 5.90. The second-order valence-electron chi connectivity index (χ2n) is 6.88. The summed E-state index contributed by atoms with van der Waals surface area (Å²) < 4.78 is 24.6. The van der Waals surface area contributed by atoms with Gasteiger partial charge >= 0.3 is 0 Å². The van der Waals surface area contributed by atoms with E-state index in [4.69, 9.17) is 5.14 Å². The maximum atomic E-state index is 11.4. The number of primary sulfonamides is 1. The van der Waals surface area contributed by atoms with Crippen molar-refractivity contribution in [3.8, 4) is 0 Å². The highest BCUT2D eigenvalue weighted by atomic mass is 32.2. The predicted molar refractivity (Wildman–Crippen MR) is 90.1 cm³/mol. The maximum absolute atomic E-state index is 11.4. The van der Waals surface area contributed by atoms with Gasteiger partial charge in [0.1, 0.15) is 0 Å². The average molecular weight is 342 g/mol. The molecule has 1 aliphatic carbocycles. The van der Waals surface area contributed by atoms with Gasteiger partial charge in [-0.05, 0) is 41.2 Å². The van der Waals surface area contributed by atoms with Crippen LogP contribution < -0.4 is 5.14 Å². The van der Waals surface area contributed by atoms with Gasteiger partial charge in [0.2, 0.25) is 10.0 Å². The van der Waals surface area contributed by atoms with Gasteiger partial charge in [-0.15, -0.1) is 0 Å². The predicted octanol–water partition coefficient (Wildman–Crippen LogP) is 2.28. The molecule has 0 radical (unpaired) electrons. The molecule has 2 aromatic heterocycles. The Labute approximate surface area is 140 Å². The van der Waals surface area contributed by atoms with Gasteiger partial charge in [0.15, 0.2) is 5.65 Å². The van der Waals surface area contributed by atoms with Crippen molar-refractivity contribution in [1.29, 1.82) is 0 Å². The lowest BCUT2D eigenvalue weighted by Gasteiger charge is -2.04. The number of nitrogens with zero attached hydrogens (tertiary/aromatic N) is 3. The Hall–Kier alpha value is -2.25. The molecule has 4 rings (SSSR count). The lowest BCUT2D eigenvalue weighted by molar-refractivity contribution is 0.596. The van der Waals surface area contributed by atoms with Gasteiger partial charge in [-0.3, -0.25) is 0 Å². The summed E-state index contributed by atoms with van der Waals surface area (Å²) in [5.41, 5.74) is 3.00. The molecule has 0 bridgehead atoms. The summed E-state index contributed by atoms with van der Waals surface area (Å²) >= 11 is 0. The van der Waals surface area contributed by atoms with Crippen molar-refractivity contribution in [2.45, 2.75) is 30.6 Å². The topological polar surface area (TPSA) is 90.4 Å². The SMILES string of the molecule is CC1(C)[C@H](c2ccc(S(N)(=O)=O)cc2)[C@H]1c1cn2ncccc2n1. The zero-order chi connectivity index (χ0) is 17.1. The van der Waals surface area contributed by atoms with E-state index in [-0.39, 0.29) is 22.1 Å². The zero-order valence-electron chi connectivity index (χ0n) is 13.4. The molecule has 124 valence electrons. The van der Waals surface area contributed by atoms with Crippen LogP contribution in [0.1, 0.15) is 36.9 Å². The van der Waals surface area contributed by atoms with Gasteiger partial charge in [-0.1, -0.05) is 26.0 Å². The molecule has 2 atom stereocenters.